The number of carbonyl (C=O) groups excluding carboxylic acids is 1. The van der Waals surface area contributed by atoms with Crippen molar-refractivity contribution in [3.8, 4) is 0 Å². The summed E-state index contributed by atoms with van der Waals surface area (Å²) in [6.07, 6.45) is 2.05. The molecule has 0 saturated carbocycles. The third-order valence-corrected chi connectivity index (χ3v) is 6.43. The fourth-order valence-electron chi connectivity index (χ4n) is 3.80. The first kappa shape index (κ1) is 20.6. The smallest absolute Gasteiger partial charge is 0.283 e. The van der Waals surface area contributed by atoms with Gasteiger partial charge in [0, 0.05) is 24.4 Å². The summed E-state index contributed by atoms with van der Waals surface area (Å²) in [4.78, 5) is 30.6. The lowest BCUT2D eigenvalue weighted by Gasteiger charge is -2.11. The summed E-state index contributed by atoms with van der Waals surface area (Å²) in [5, 5.41) is 11.6. The molecule has 1 fully saturated rings. The van der Waals surface area contributed by atoms with Gasteiger partial charge >= 0.3 is 0 Å². The van der Waals surface area contributed by atoms with Crippen LogP contribution in [0.4, 0.5) is 10.8 Å². The summed E-state index contributed by atoms with van der Waals surface area (Å²) in [5.74, 6) is -0.203. The Bertz CT molecular complexity index is 1390. The van der Waals surface area contributed by atoms with E-state index in [9.17, 15) is 9.59 Å². The zero-order valence-electron chi connectivity index (χ0n) is 17.8. The molecular formula is C23H23N5O3S. The van der Waals surface area contributed by atoms with E-state index >= 15 is 0 Å². The minimum absolute atomic E-state index is 0.0713. The minimum atomic E-state index is -0.262. The average molecular weight is 450 g/mol. The van der Waals surface area contributed by atoms with E-state index in [1.807, 2.05) is 32.0 Å². The number of nitrogens with zero attached hydrogens (tertiary/aromatic N) is 3. The summed E-state index contributed by atoms with van der Waals surface area (Å²) in [5.41, 5.74) is 3.82. The molecule has 2 N–H and O–H groups in total. The Balaban J connectivity index is 1.44. The maximum atomic E-state index is 13.0. The molecule has 4 aromatic rings. The number of hydrogen-bond acceptors (Lipinski definition) is 7. The van der Waals surface area contributed by atoms with Crippen LogP contribution < -0.4 is 16.2 Å². The number of ether oxygens (including phenoxy) is 1. The molecule has 3 heterocycles. The van der Waals surface area contributed by atoms with Gasteiger partial charge in [0.15, 0.2) is 0 Å². The van der Waals surface area contributed by atoms with E-state index < -0.39 is 0 Å². The highest BCUT2D eigenvalue weighted by atomic mass is 32.1. The maximum absolute atomic E-state index is 13.0. The van der Waals surface area contributed by atoms with Crippen LogP contribution in [0.15, 0.2) is 41.2 Å². The van der Waals surface area contributed by atoms with Gasteiger partial charge in [-0.25, -0.2) is 4.98 Å². The van der Waals surface area contributed by atoms with Gasteiger partial charge in [0.2, 0.25) is 10.1 Å². The van der Waals surface area contributed by atoms with E-state index in [0.717, 1.165) is 36.3 Å². The molecule has 1 atom stereocenters. The van der Waals surface area contributed by atoms with Crippen LogP contribution in [0.5, 0.6) is 0 Å². The van der Waals surface area contributed by atoms with E-state index in [2.05, 4.69) is 20.7 Å². The van der Waals surface area contributed by atoms with Crippen LogP contribution in [0.3, 0.4) is 0 Å². The van der Waals surface area contributed by atoms with Crippen LogP contribution in [0.25, 0.3) is 15.9 Å². The van der Waals surface area contributed by atoms with Crippen molar-refractivity contribution in [3.05, 3.63) is 63.4 Å². The van der Waals surface area contributed by atoms with Crippen molar-refractivity contribution in [3.63, 3.8) is 0 Å². The fraction of sp³-hybridized carbons (Fsp3) is 0.304. The molecule has 1 amide bonds. The lowest BCUT2D eigenvalue weighted by atomic mass is 10.1. The van der Waals surface area contributed by atoms with Crippen LogP contribution in [0, 0.1) is 13.8 Å². The van der Waals surface area contributed by atoms with Crippen molar-refractivity contribution in [1.82, 2.24) is 19.9 Å². The van der Waals surface area contributed by atoms with Gasteiger partial charge in [-0.15, -0.1) is 5.10 Å². The highest BCUT2D eigenvalue weighted by molar-refractivity contribution is 7.20. The number of anilines is 2. The summed E-state index contributed by atoms with van der Waals surface area (Å²) in [7, 11) is 0. The number of hydrogen-bond donors (Lipinski definition) is 2. The fourth-order valence-corrected chi connectivity index (χ4v) is 4.61. The van der Waals surface area contributed by atoms with Crippen LogP contribution in [0.1, 0.15) is 34.3 Å². The Kier molecular flexibility index (Phi) is 5.36. The summed E-state index contributed by atoms with van der Waals surface area (Å²) in [6.45, 7) is 5.26. The van der Waals surface area contributed by atoms with Gasteiger partial charge in [0.25, 0.3) is 11.5 Å². The monoisotopic (exact) mass is 449 g/mol. The van der Waals surface area contributed by atoms with Crippen LogP contribution in [0.2, 0.25) is 0 Å². The second-order valence-electron chi connectivity index (χ2n) is 8.04. The van der Waals surface area contributed by atoms with Gasteiger partial charge in [-0.2, -0.15) is 4.52 Å². The van der Waals surface area contributed by atoms with Crippen LogP contribution >= 0.6 is 11.3 Å². The van der Waals surface area contributed by atoms with E-state index in [1.54, 1.807) is 18.2 Å². The van der Waals surface area contributed by atoms with Crippen molar-refractivity contribution in [2.45, 2.75) is 32.8 Å². The van der Waals surface area contributed by atoms with Crippen molar-refractivity contribution in [1.29, 1.82) is 0 Å². The largest absolute Gasteiger partial charge is 0.376 e. The molecule has 0 radical (unpaired) electrons. The Morgan fingerprint density at radius 2 is 2.12 bits per heavy atom. The number of carbonyl (C=O) groups is 1. The SMILES string of the molecule is Cc1ccc(C)c(Nc2nn3c(=O)c4ccc(C(=O)NC[C@@H]5CCCO5)cc4nc3s2)c1. The van der Waals surface area contributed by atoms with Crippen molar-refractivity contribution < 1.29 is 9.53 Å². The van der Waals surface area contributed by atoms with Gasteiger partial charge in [0.05, 0.1) is 17.0 Å². The summed E-state index contributed by atoms with van der Waals surface area (Å²) in [6, 6.07) is 11.1. The molecular weight excluding hydrogens is 426 g/mol. The highest BCUT2D eigenvalue weighted by Crippen LogP contribution is 2.26. The van der Waals surface area contributed by atoms with E-state index in [-0.39, 0.29) is 17.6 Å². The van der Waals surface area contributed by atoms with Gasteiger partial charge in [-0.3, -0.25) is 9.59 Å². The first-order valence-corrected chi connectivity index (χ1v) is 11.4. The first-order chi connectivity index (χ1) is 15.5. The Morgan fingerprint density at radius 1 is 1.25 bits per heavy atom. The van der Waals surface area contributed by atoms with Gasteiger partial charge < -0.3 is 15.4 Å². The first-order valence-electron chi connectivity index (χ1n) is 10.6. The lowest BCUT2D eigenvalue weighted by Crippen LogP contribution is -2.31. The Hall–Kier alpha value is -3.30. The van der Waals surface area contributed by atoms with Crippen molar-refractivity contribution >= 4 is 43.9 Å². The predicted octanol–water partition coefficient (Wildman–Crippen LogP) is 3.57. The number of rotatable bonds is 5. The normalized spacial score (nSPS) is 16.0. The molecule has 0 bridgehead atoms. The van der Waals surface area contributed by atoms with E-state index in [0.29, 0.717) is 33.1 Å². The predicted molar refractivity (Wildman–Crippen MR) is 125 cm³/mol. The number of aromatic nitrogens is 3. The van der Waals surface area contributed by atoms with Crippen LogP contribution in [-0.2, 0) is 4.74 Å². The maximum Gasteiger partial charge on any atom is 0.283 e. The van der Waals surface area contributed by atoms with Crippen molar-refractivity contribution in [2.24, 2.45) is 0 Å². The molecule has 32 heavy (non-hydrogen) atoms. The number of aryl methyl sites for hydroxylation is 2. The molecule has 2 aromatic heterocycles. The quantitative estimate of drug-likeness (QED) is 0.483. The topological polar surface area (TPSA) is 97.6 Å². The molecule has 9 heteroatoms. The number of nitrogens with one attached hydrogen (secondary N) is 2. The zero-order chi connectivity index (χ0) is 22.2. The Morgan fingerprint density at radius 3 is 2.94 bits per heavy atom. The molecule has 0 aliphatic carbocycles. The molecule has 5 rings (SSSR count). The van der Waals surface area contributed by atoms with Crippen molar-refractivity contribution in [2.75, 3.05) is 18.5 Å². The standard InChI is InChI=1S/C23H23N5O3S/c1-13-5-6-14(2)18(10-13)25-22-27-28-21(30)17-8-7-15(11-19(17)26-23(28)32-22)20(29)24-12-16-4-3-9-31-16/h5-8,10-11,16H,3-4,9,12H2,1-2H3,(H,24,29)(H,25,27)/t16-/m0/s1. The molecule has 1 aliphatic rings. The second-order valence-corrected chi connectivity index (χ2v) is 8.99. The van der Waals surface area contributed by atoms with Gasteiger partial charge in [-0.05, 0) is 62.1 Å². The highest BCUT2D eigenvalue weighted by Gasteiger charge is 2.18. The molecule has 0 spiro atoms. The van der Waals surface area contributed by atoms with Gasteiger partial charge in [0.1, 0.15) is 0 Å². The molecule has 1 saturated heterocycles. The average Bonchev–Trinajstić information content (AvgIpc) is 3.44. The summed E-state index contributed by atoms with van der Waals surface area (Å²) < 4.78 is 6.85. The molecule has 8 nitrogen and oxygen atoms in total. The lowest BCUT2D eigenvalue weighted by molar-refractivity contribution is 0.0858. The number of amides is 1. The molecule has 0 unspecified atom stereocenters. The van der Waals surface area contributed by atoms with Gasteiger partial charge in [-0.1, -0.05) is 23.5 Å². The number of benzene rings is 2. The molecule has 1 aliphatic heterocycles. The van der Waals surface area contributed by atoms with E-state index in [1.165, 1.54) is 15.9 Å². The summed E-state index contributed by atoms with van der Waals surface area (Å²) >= 11 is 1.29. The Labute approximate surface area is 188 Å². The molecule has 164 valence electrons. The third kappa shape index (κ3) is 3.96. The minimum Gasteiger partial charge on any atom is -0.376 e. The second kappa shape index (κ2) is 8.33. The third-order valence-electron chi connectivity index (χ3n) is 5.61. The van der Waals surface area contributed by atoms with Crippen LogP contribution in [-0.4, -0.2) is 39.8 Å². The molecule has 2 aromatic carbocycles. The van der Waals surface area contributed by atoms with E-state index in [4.69, 9.17) is 4.74 Å². The number of fused-ring (bicyclic) bond motifs is 2. The zero-order valence-corrected chi connectivity index (χ0v) is 18.7.